The van der Waals surface area contributed by atoms with Crippen molar-refractivity contribution in [3.8, 4) is 5.75 Å². The fourth-order valence-corrected chi connectivity index (χ4v) is 2.92. The zero-order valence-electron chi connectivity index (χ0n) is 15.4. The van der Waals surface area contributed by atoms with Crippen molar-refractivity contribution in [3.05, 3.63) is 41.9 Å². The molecule has 2 aromatic rings. The van der Waals surface area contributed by atoms with E-state index >= 15 is 0 Å². The van der Waals surface area contributed by atoms with Crippen LogP contribution in [0.15, 0.2) is 30.6 Å². The molecule has 0 spiro atoms. The van der Waals surface area contributed by atoms with E-state index in [-0.39, 0.29) is 17.9 Å². The Balaban J connectivity index is 1.87. The molecule has 0 radical (unpaired) electrons. The van der Waals surface area contributed by atoms with Crippen LogP contribution in [0.3, 0.4) is 0 Å². The molecule has 7 nitrogen and oxygen atoms in total. The van der Waals surface area contributed by atoms with Crippen molar-refractivity contribution in [1.29, 1.82) is 5.41 Å². The van der Waals surface area contributed by atoms with Crippen LogP contribution in [0.5, 0.6) is 5.75 Å². The van der Waals surface area contributed by atoms with Gasteiger partial charge in [0.05, 0.1) is 30.2 Å². The summed E-state index contributed by atoms with van der Waals surface area (Å²) in [7, 11) is 0. The molecule has 1 aromatic heterocycles. The molecule has 0 unspecified atom stereocenters. The Morgan fingerprint density at radius 2 is 2.15 bits per heavy atom. The number of rotatable bonds is 5. The van der Waals surface area contributed by atoms with E-state index in [4.69, 9.17) is 20.6 Å². The van der Waals surface area contributed by atoms with E-state index in [1.165, 1.54) is 6.33 Å². The maximum absolute atomic E-state index is 8.57. The van der Waals surface area contributed by atoms with Gasteiger partial charge in [0.1, 0.15) is 17.9 Å². The number of hydrogen-bond acceptors (Lipinski definition) is 7. The van der Waals surface area contributed by atoms with E-state index < -0.39 is 0 Å². The van der Waals surface area contributed by atoms with Crippen molar-refractivity contribution in [2.24, 2.45) is 0 Å². The van der Waals surface area contributed by atoms with Crippen LogP contribution >= 0.6 is 0 Å². The molecule has 0 saturated carbocycles. The number of benzene rings is 1. The summed E-state index contributed by atoms with van der Waals surface area (Å²) in [6, 6.07) is 7.19. The SMILES string of the molecule is CC(C)Oc1ccc(N)c(C(=N)c2cc(N3CCO[C@H](C)C3)ncn2)c1. The molecule has 1 fully saturated rings. The number of aromatic nitrogens is 2. The summed E-state index contributed by atoms with van der Waals surface area (Å²) in [6.07, 6.45) is 1.70. The molecule has 1 aromatic carbocycles. The Morgan fingerprint density at radius 3 is 2.88 bits per heavy atom. The molecule has 3 N–H and O–H groups in total. The second-order valence-electron chi connectivity index (χ2n) is 6.68. The number of nitrogens with one attached hydrogen (secondary N) is 1. The highest BCUT2D eigenvalue weighted by Gasteiger charge is 2.20. The highest BCUT2D eigenvalue weighted by molar-refractivity contribution is 6.13. The van der Waals surface area contributed by atoms with E-state index in [0.29, 0.717) is 29.3 Å². The Bertz CT molecular complexity index is 793. The molecule has 26 heavy (non-hydrogen) atoms. The average Bonchev–Trinajstić information content (AvgIpc) is 2.62. The van der Waals surface area contributed by atoms with Gasteiger partial charge in [-0.25, -0.2) is 9.97 Å². The molecular weight excluding hydrogens is 330 g/mol. The number of hydrogen-bond donors (Lipinski definition) is 2. The molecular formula is C19H25N5O2. The first-order valence-electron chi connectivity index (χ1n) is 8.78. The fourth-order valence-electron chi connectivity index (χ4n) is 2.92. The van der Waals surface area contributed by atoms with E-state index in [0.717, 1.165) is 18.9 Å². The molecule has 1 aliphatic rings. The predicted octanol–water partition coefficient (Wildman–Crippen LogP) is 2.49. The van der Waals surface area contributed by atoms with Crippen molar-refractivity contribution in [3.63, 3.8) is 0 Å². The summed E-state index contributed by atoms with van der Waals surface area (Å²) >= 11 is 0. The number of morpholine rings is 1. The highest BCUT2D eigenvalue weighted by Crippen LogP contribution is 2.24. The van der Waals surface area contributed by atoms with E-state index in [9.17, 15) is 0 Å². The van der Waals surface area contributed by atoms with Gasteiger partial charge in [-0.05, 0) is 39.0 Å². The largest absolute Gasteiger partial charge is 0.491 e. The second kappa shape index (κ2) is 7.70. The van der Waals surface area contributed by atoms with Crippen LogP contribution in [0.1, 0.15) is 32.0 Å². The van der Waals surface area contributed by atoms with Gasteiger partial charge in [0.25, 0.3) is 0 Å². The first-order chi connectivity index (χ1) is 12.4. The number of nitrogens with two attached hydrogens (primary N) is 1. The first-order valence-corrected chi connectivity index (χ1v) is 8.78. The smallest absolute Gasteiger partial charge is 0.132 e. The van der Waals surface area contributed by atoms with Crippen LogP contribution in [0.25, 0.3) is 0 Å². The Hall–Kier alpha value is -2.67. The fraction of sp³-hybridized carbons (Fsp3) is 0.421. The molecule has 0 bridgehead atoms. The Kier molecular flexibility index (Phi) is 5.37. The van der Waals surface area contributed by atoms with Crippen molar-refractivity contribution in [1.82, 2.24) is 9.97 Å². The van der Waals surface area contributed by atoms with Crippen molar-refractivity contribution in [2.45, 2.75) is 33.0 Å². The monoisotopic (exact) mass is 355 g/mol. The van der Waals surface area contributed by atoms with Gasteiger partial charge in [-0.15, -0.1) is 0 Å². The molecule has 2 heterocycles. The van der Waals surface area contributed by atoms with E-state index in [2.05, 4.69) is 14.9 Å². The number of anilines is 2. The third-order valence-corrected chi connectivity index (χ3v) is 4.14. The minimum absolute atomic E-state index is 0.0506. The van der Waals surface area contributed by atoms with Crippen LogP contribution < -0.4 is 15.4 Å². The Labute approximate surface area is 153 Å². The maximum Gasteiger partial charge on any atom is 0.132 e. The van der Waals surface area contributed by atoms with Gasteiger partial charge in [0.2, 0.25) is 0 Å². The lowest BCUT2D eigenvalue weighted by molar-refractivity contribution is 0.0529. The third kappa shape index (κ3) is 4.11. The second-order valence-corrected chi connectivity index (χ2v) is 6.68. The van der Waals surface area contributed by atoms with Gasteiger partial charge in [-0.1, -0.05) is 0 Å². The standard InChI is InChI=1S/C19H25N5O2/c1-12(2)26-14-4-5-16(20)15(8-14)19(21)17-9-18(23-11-22-17)24-6-7-25-13(3)10-24/h4-5,8-9,11-13,21H,6-7,10,20H2,1-3H3/t13-/m1/s1. The van der Waals surface area contributed by atoms with Crippen LogP contribution in [-0.4, -0.2) is 47.6 Å². The molecule has 0 aliphatic carbocycles. The minimum Gasteiger partial charge on any atom is -0.491 e. The lowest BCUT2D eigenvalue weighted by Gasteiger charge is -2.32. The molecule has 1 atom stereocenters. The summed E-state index contributed by atoms with van der Waals surface area (Å²) in [5, 5.41) is 8.57. The van der Waals surface area contributed by atoms with Crippen molar-refractivity contribution >= 4 is 17.2 Å². The van der Waals surface area contributed by atoms with E-state index in [1.54, 1.807) is 12.1 Å². The van der Waals surface area contributed by atoms with Gasteiger partial charge in [0.15, 0.2) is 0 Å². The molecule has 1 aliphatic heterocycles. The highest BCUT2D eigenvalue weighted by atomic mass is 16.5. The number of nitrogen functional groups attached to an aromatic ring is 1. The van der Waals surface area contributed by atoms with Gasteiger partial charge < -0.3 is 20.1 Å². The summed E-state index contributed by atoms with van der Waals surface area (Å²) in [4.78, 5) is 10.8. The van der Waals surface area contributed by atoms with Gasteiger partial charge in [-0.3, -0.25) is 5.41 Å². The van der Waals surface area contributed by atoms with Crippen molar-refractivity contribution in [2.75, 3.05) is 30.3 Å². The van der Waals surface area contributed by atoms with Gasteiger partial charge in [-0.2, -0.15) is 0 Å². The third-order valence-electron chi connectivity index (χ3n) is 4.14. The molecule has 138 valence electrons. The van der Waals surface area contributed by atoms with Gasteiger partial charge >= 0.3 is 0 Å². The summed E-state index contributed by atoms with van der Waals surface area (Å²) in [5.74, 6) is 1.48. The number of nitrogens with zero attached hydrogens (tertiary/aromatic N) is 3. The summed E-state index contributed by atoms with van der Waals surface area (Å²) in [5.41, 5.74) is 7.99. The maximum atomic E-state index is 8.57. The first kappa shape index (κ1) is 18.1. The quantitative estimate of drug-likeness (QED) is 0.632. The van der Waals surface area contributed by atoms with Gasteiger partial charge in [0, 0.05) is 30.4 Å². The molecule has 1 saturated heterocycles. The number of ether oxygens (including phenoxy) is 2. The van der Waals surface area contributed by atoms with E-state index in [1.807, 2.05) is 32.9 Å². The zero-order valence-corrected chi connectivity index (χ0v) is 15.4. The van der Waals surface area contributed by atoms with Crippen LogP contribution in [-0.2, 0) is 4.74 Å². The normalized spacial score (nSPS) is 17.4. The minimum atomic E-state index is 0.0506. The lowest BCUT2D eigenvalue weighted by atomic mass is 10.0. The van der Waals surface area contributed by atoms with Crippen LogP contribution in [0.2, 0.25) is 0 Å². The summed E-state index contributed by atoms with van der Waals surface area (Å²) < 4.78 is 11.3. The average molecular weight is 355 g/mol. The van der Waals surface area contributed by atoms with Crippen molar-refractivity contribution < 1.29 is 9.47 Å². The summed E-state index contributed by atoms with van der Waals surface area (Å²) in [6.45, 7) is 8.16. The lowest BCUT2D eigenvalue weighted by Crippen LogP contribution is -2.41. The van der Waals surface area contributed by atoms with Crippen LogP contribution in [0.4, 0.5) is 11.5 Å². The van der Waals surface area contributed by atoms with Crippen LogP contribution in [0, 0.1) is 5.41 Å². The zero-order chi connectivity index (χ0) is 18.7. The molecule has 0 amide bonds. The Morgan fingerprint density at radius 1 is 1.35 bits per heavy atom. The predicted molar refractivity (Wildman–Crippen MR) is 102 cm³/mol. The molecule has 7 heteroatoms. The topological polar surface area (TPSA) is 97.4 Å². The molecule has 3 rings (SSSR count).